The number of nitrogens with one attached hydrogen (secondary N) is 1. The average molecular weight is 470 g/mol. The molecular weight excluding hydrogens is 448 g/mol. The summed E-state index contributed by atoms with van der Waals surface area (Å²) in [7, 11) is 0. The smallest absolute Gasteiger partial charge is 0.255 e. The van der Waals surface area contributed by atoms with Gasteiger partial charge in [-0.05, 0) is 40.5 Å². The molecule has 1 aliphatic heterocycles. The van der Waals surface area contributed by atoms with Crippen LogP contribution in [0.1, 0.15) is 40.4 Å². The molecule has 34 heavy (non-hydrogen) atoms. The van der Waals surface area contributed by atoms with Crippen LogP contribution in [-0.4, -0.2) is 29.4 Å². The number of fused-ring (bicyclic) bond motifs is 1. The van der Waals surface area contributed by atoms with Gasteiger partial charge in [-0.2, -0.15) is 0 Å². The van der Waals surface area contributed by atoms with E-state index in [1.807, 2.05) is 48.5 Å². The lowest BCUT2D eigenvalue weighted by atomic mass is 9.99. The van der Waals surface area contributed by atoms with Crippen LogP contribution in [0.15, 0.2) is 72.8 Å². The molecule has 0 saturated carbocycles. The maximum Gasteiger partial charge on any atom is 0.255 e. The van der Waals surface area contributed by atoms with E-state index < -0.39 is 49.2 Å². The lowest BCUT2D eigenvalue weighted by Crippen LogP contribution is -2.42. The number of benzene rings is 3. The van der Waals surface area contributed by atoms with E-state index in [4.69, 9.17) is 0 Å². The van der Waals surface area contributed by atoms with Crippen molar-refractivity contribution in [3.8, 4) is 11.1 Å². The third kappa shape index (κ3) is 4.95. The highest BCUT2D eigenvalue weighted by molar-refractivity contribution is 6.04. The summed E-state index contributed by atoms with van der Waals surface area (Å²) in [5.74, 6) is -2.04. The summed E-state index contributed by atoms with van der Waals surface area (Å²) >= 11 is 0. The highest BCUT2D eigenvalue weighted by Crippen LogP contribution is 2.37. The number of hydrogen-bond donors (Lipinski definition) is 1. The lowest BCUT2D eigenvalue weighted by Gasteiger charge is -2.26. The summed E-state index contributed by atoms with van der Waals surface area (Å²) in [6.45, 7) is 0.00622. The van der Waals surface area contributed by atoms with Crippen LogP contribution in [0.2, 0.25) is 0 Å². The van der Waals surface area contributed by atoms with E-state index >= 15 is 0 Å². The first kappa shape index (κ1) is 23.5. The van der Waals surface area contributed by atoms with Crippen molar-refractivity contribution >= 4 is 11.8 Å². The summed E-state index contributed by atoms with van der Waals surface area (Å²) in [5.41, 5.74) is 2.74. The number of amides is 2. The molecule has 4 nitrogen and oxygen atoms in total. The number of carbonyl (C=O) groups excluding carboxylic acids is 2. The fourth-order valence-corrected chi connectivity index (χ4v) is 4.16. The summed E-state index contributed by atoms with van der Waals surface area (Å²) < 4.78 is 53.1. The Labute approximate surface area is 194 Å². The van der Waals surface area contributed by atoms with E-state index in [-0.39, 0.29) is 17.7 Å². The normalized spacial score (nSPS) is 16.0. The summed E-state index contributed by atoms with van der Waals surface area (Å²) in [5, 5.41) is 2.06. The molecule has 4 rings (SSSR count). The first-order valence-corrected chi connectivity index (χ1v) is 10.8. The van der Waals surface area contributed by atoms with E-state index in [1.54, 1.807) is 6.07 Å². The van der Waals surface area contributed by atoms with Gasteiger partial charge in [0, 0.05) is 24.9 Å². The molecule has 0 saturated heterocycles. The molecular formula is C26H22F4N2O2. The Morgan fingerprint density at radius 1 is 0.912 bits per heavy atom. The molecule has 8 heteroatoms. The summed E-state index contributed by atoms with van der Waals surface area (Å²) in [6, 6.07) is 19.0. The SMILES string of the molecule is O=C(NC(F)CCC(F)F)C1c2cc(F)ccc2C(=O)N1Cc1ccccc1-c1ccccc1. The minimum Gasteiger partial charge on any atom is -0.324 e. The Kier molecular flexibility index (Phi) is 6.95. The van der Waals surface area contributed by atoms with Crippen molar-refractivity contribution < 1.29 is 27.2 Å². The van der Waals surface area contributed by atoms with Crippen LogP contribution in [-0.2, 0) is 11.3 Å². The molecule has 2 unspecified atom stereocenters. The molecule has 0 aliphatic carbocycles. The molecule has 176 valence electrons. The predicted molar refractivity (Wildman–Crippen MR) is 119 cm³/mol. The Morgan fingerprint density at radius 3 is 2.35 bits per heavy atom. The van der Waals surface area contributed by atoms with Crippen LogP contribution in [0.25, 0.3) is 11.1 Å². The van der Waals surface area contributed by atoms with Crippen molar-refractivity contribution in [2.75, 3.05) is 0 Å². The third-order valence-corrected chi connectivity index (χ3v) is 5.74. The fourth-order valence-electron chi connectivity index (χ4n) is 4.16. The second kappa shape index (κ2) is 10.1. The predicted octanol–water partition coefficient (Wildman–Crippen LogP) is 5.65. The van der Waals surface area contributed by atoms with Crippen LogP contribution in [0.3, 0.4) is 0 Å². The summed E-state index contributed by atoms with van der Waals surface area (Å²) in [6.07, 6.45) is -6.02. The highest BCUT2D eigenvalue weighted by Gasteiger charge is 2.42. The molecule has 3 aromatic carbocycles. The second-order valence-electron chi connectivity index (χ2n) is 8.03. The second-order valence-corrected chi connectivity index (χ2v) is 8.03. The van der Waals surface area contributed by atoms with Gasteiger partial charge in [0.1, 0.15) is 11.9 Å². The lowest BCUT2D eigenvalue weighted by molar-refractivity contribution is -0.127. The van der Waals surface area contributed by atoms with Gasteiger partial charge in [0.25, 0.3) is 5.91 Å². The van der Waals surface area contributed by atoms with Gasteiger partial charge in [0.05, 0.1) is 0 Å². The van der Waals surface area contributed by atoms with Crippen molar-refractivity contribution in [2.24, 2.45) is 0 Å². The van der Waals surface area contributed by atoms with E-state index in [9.17, 15) is 27.2 Å². The minimum absolute atomic E-state index is 0.00622. The first-order chi connectivity index (χ1) is 16.3. The van der Waals surface area contributed by atoms with Crippen molar-refractivity contribution in [3.63, 3.8) is 0 Å². The maximum atomic E-state index is 14.2. The Hall–Kier alpha value is -3.68. The Bertz CT molecular complexity index is 1190. The number of halogens is 4. The Morgan fingerprint density at radius 2 is 1.62 bits per heavy atom. The zero-order valence-corrected chi connectivity index (χ0v) is 18.1. The van der Waals surface area contributed by atoms with Gasteiger partial charge in [-0.25, -0.2) is 17.6 Å². The molecule has 0 radical (unpaired) electrons. The molecule has 1 aliphatic rings. The summed E-state index contributed by atoms with van der Waals surface area (Å²) in [4.78, 5) is 27.5. The van der Waals surface area contributed by atoms with Crippen LogP contribution in [0, 0.1) is 5.82 Å². The van der Waals surface area contributed by atoms with Crippen molar-refractivity contribution in [1.29, 1.82) is 0 Å². The molecule has 0 aromatic heterocycles. The average Bonchev–Trinajstić information content (AvgIpc) is 3.09. The van der Waals surface area contributed by atoms with Crippen LogP contribution >= 0.6 is 0 Å². The number of carbonyl (C=O) groups is 2. The maximum absolute atomic E-state index is 14.2. The van der Waals surface area contributed by atoms with Gasteiger partial charge in [-0.1, -0.05) is 54.6 Å². The fraction of sp³-hybridized carbons (Fsp3) is 0.231. The van der Waals surface area contributed by atoms with Gasteiger partial charge in [0.15, 0.2) is 6.30 Å². The van der Waals surface area contributed by atoms with E-state index in [1.165, 1.54) is 11.0 Å². The zero-order chi connectivity index (χ0) is 24.2. The monoisotopic (exact) mass is 470 g/mol. The molecule has 2 amide bonds. The molecule has 1 heterocycles. The van der Waals surface area contributed by atoms with Gasteiger partial charge in [-0.15, -0.1) is 0 Å². The van der Waals surface area contributed by atoms with Gasteiger partial charge in [-0.3, -0.25) is 9.59 Å². The van der Waals surface area contributed by atoms with Crippen molar-refractivity contribution in [3.05, 3.63) is 95.3 Å². The highest BCUT2D eigenvalue weighted by atomic mass is 19.3. The van der Waals surface area contributed by atoms with E-state index in [0.717, 1.165) is 28.8 Å². The van der Waals surface area contributed by atoms with E-state index in [0.29, 0.717) is 0 Å². The van der Waals surface area contributed by atoms with E-state index in [2.05, 4.69) is 5.32 Å². The number of hydrogen-bond acceptors (Lipinski definition) is 2. The van der Waals surface area contributed by atoms with Gasteiger partial charge >= 0.3 is 0 Å². The largest absolute Gasteiger partial charge is 0.324 e. The number of alkyl halides is 3. The topological polar surface area (TPSA) is 49.4 Å². The molecule has 0 bridgehead atoms. The number of nitrogens with zero attached hydrogens (tertiary/aromatic N) is 1. The minimum atomic E-state index is -2.70. The molecule has 1 N–H and O–H groups in total. The zero-order valence-electron chi connectivity index (χ0n) is 18.1. The quantitative estimate of drug-likeness (QED) is 0.342. The van der Waals surface area contributed by atoms with Crippen molar-refractivity contribution in [2.45, 2.75) is 38.1 Å². The van der Waals surface area contributed by atoms with Gasteiger partial charge < -0.3 is 10.2 Å². The van der Waals surface area contributed by atoms with Crippen molar-refractivity contribution in [1.82, 2.24) is 10.2 Å². The van der Waals surface area contributed by atoms with Crippen LogP contribution in [0.5, 0.6) is 0 Å². The first-order valence-electron chi connectivity index (χ1n) is 10.8. The van der Waals surface area contributed by atoms with Crippen LogP contribution in [0.4, 0.5) is 17.6 Å². The Balaban J connectivity index is 1.66. The molecule has 3 aromatic rings. The van der Waals surface area contributed by atoms with Crippen LogP contribution < -0.4 is 5.32 Å². The molecule has 0 spiro atoms. The molecule has 0 fully saturated rings. The molecule has 2 atom stereocenters. The third-order valence-electron chi connectivity index (χ3n) is 5.74. The van der Waals surface area contributed by atoms with Gasteiger partial charge in [0.2, 0.25) is 12.3 Å². The number of rotatable bonds is 8. The standard InChI is InChI=1S/C26H22F4N2O2/c27-18-10-11-20-21(14-18)24(25(33)31-23(30)13-12-22(28)29)32(26(20)34)15-17-8-4-5-9-19(17)16-6-2-1-3-7-16/h1-11,14,22-24H,12-13,15H2,(H,31,33).